The van der Waals surface area contributed by atoms with E-state index in [1.165, 1.54) is 3.82 Å². The predicted molar refractivity (Wildman–Crippen MR) is 93.3 cm³/mol. The molecule has 1 fully saturated rings. The van der Waals surface area contributed by atoms with Crippen LogP contribution in [0.3, 0.4) is 0 Å². The number of carbonyl (C=O) groups is 1. The SMILES string of the molecule is CCC(=O)N1CCC(N=CC=C(N)OSN(C)Cl)CC1.S. The highest BCUT2D eigenvalue weighted by molar-refractivity contribution is 7.93. The van der Waals surface area contributed by atoms with Gasteiger partial charge in [0, 0.05) is 38.8 Å². The number of carbonyl (C=O) groups excluding carboxylic acids is 1. The first-order valence-corrected chi connectivity index (χ1v) is 7.57. The van der Waals surface area contributed by atoms with Gasteiger partial charge < -0.3 is 14.8 Å². The molecule has 0 radical (unpaired) electrons. The molecule has 0 aromatic heterocycles. The number of hydrogen-bond acceptors (Lipinski definition) is 6. The van der Waals surface area contributed by atoms with Crippen LogP contribution in [0.5, 0.6) is 0 Å². The minimum atomic E-state index is 0. The number of rotatable bonds is 6. The van der Waals surface area contributed by atoms with Crippen molar-refractivity contribution in [1.29, 1.82) is 0 Å². The summed E-state index contributed by atoms with van der Waals surface area (Å²) >= 11 is 6.48. The van der Waals surface area contributed by atoms with E-state index >= 15 is 0 Å². The zero-order chi connectivity index (χ0) is 15.0. The van der Waals surface area contributed by atoms with E-state index in [0.29, 0.717) is 6.42 Å². The maximum atomic E-state index is 11.5. The maximum Gasteiger partial charge on any atom is 0.222 e. The van der Waals surface area contributed by atoms with Crippen LogP contribution >= 0.6 is 37.5 Å². The summed E-state index contributed by atoms with van der Waals surface area (Å²) in [5, 5.41) is 0. The van der Waals surface area contributed by atoms with Gasteiger partial charge in [-0.1, -0.05) is 6.92 Å². The molecule has 2 N–H and O–H groups in total. The van der Waals surface area contributed by atoms with Gasteiger partial charge in [-0.15, -0.1) is 3.82 Å². The monoisotopic (exact) mass is 354 g/mol. The second-order valence-electron chi connectivity index (χ2n) is 4.41. The van der Waals surface area contributed by atoms with Crippen LogP contribution in [0, 0.1) is 0 Å². The molecule has 21 heavy (non-hydrogen) atoms. The van der Waals surface area contributed by atoms with Gasteiger partial charge in [-0.25, -0.2) is 0 Å². The van der Waals surface area contributed by atoms with Crippen molar-refractivity contribution < 1.29 is 8.98 Å². The van der Waals surface area contributed by atoms with E-state index in [1.807, 2.05) is 11.8 Å². The molecule has 0 atom stereocenters. The molecular weight excluding hydrogens is 332 g/mol. The van der Waals surface area contributed by atoms with E-state index in [1.54, 1.807) is 19.3 Å². The number of piperidine rings is 1. The predicted octanol–water partition coefficient (Wildman–Crippen LogP) is 2.04. The Morgan fingerprint density at radius 1 is 1.57 bits per heavy atom. The lowest BCUT2D eigenvalue weighted by Crippen LogP contribution is -2.39. The number of hydrogen-bond donors (Lipinski definition) is 1. The second kappa shape index (κ2) is 11.1. The Bertz CT molecular complexity index is 372. The molecule has 122 valence electrons. The third kappa shape index (κ3) is 8.45. The summed E-state index contributed by atoms with van der Waals surface area (Å²) in [6.45, 7) is 3.44. The molecule has 9 heteroatoms. The van der Waals surface area contributed by atoms with Crippen LogP contribution in [0.25, 0.3) is 0 Å². The van der Waals surface area contributed by atoms with E-state index < -0.39 is 0 Å². The van der Waals surface area contributed by atoms with E-state index in [0.717, 1.165) is 38.2 Å². The number of likely N-dealkylation sites (tertiary alicyclic amines) is 1. The van der Waals surface area contributed by atoms with Crippen molar-refractivity contribution in [2.75, 3.05) is 20.1 Å². The van der Waals surface area contributed by atoms with Crippen LogP contribution in [0.2, 0.25) is 0 Å². The smallest absolute Gasteiger partial charge is 0.222 e. The molecule has 1 saturated heterocycles. The Labute approximate surface area is 142 Å². The highest BCUT2D eigenvalue weighted by Gasteiger charge is 2.20. The lowest BCUT2D eigenvalue weighted by molar-refractivity contribution is -0.131. The van der Waals surface area contributed by atoms with Gasteiger partial charge >= 0.3 is 0 Å². The maximum absolute atomic E-state index is 11.5. The molecule has 0 aromatic rings. The fourth-order valence-corrected chi connectivity index (χ4v) is 2.18. The highest BCUT2D eigenvalue weighted by Crippen LogP contribution is 2.15. The third-order valence-corrected chi connectivity index (χ3v) is 3.53. The second-order valence-corrected chi connectivity index (χ2v) is 5.98. The third-order valence-electron chi connectivity index (χ3n) is 2.89. The van der Waals surface area contributed by atoms with Gasteiger partial charge in [0.25, 0.3) is 0 Å². The van der Waals surface area contributed by atoms with Crippen molar-refractivity contribution in [3.63, 3.8) is 0 Å². The fraction of sp³-hybridized carbons (Fsp3) is 0.667. The molecule has 0 aliphatic carbocycles. The molecule has 0 aromatic carbocycles. The zero-order valence-corrected chi connectivity index (χ0v) is 14.9. The molecular formula is C12H23ClN4O2S2. The largest absolute Gasteiger partial charge is 0.391 e. The van der Waals surface area contributed by atoms with Gasteiger partial charge in [0.15, 0.2) is 12.2 Å². The van der Waals surface area contributed by atoms with Gasteiger partial charge in [-0.2, -0.15) is 13.5 Å². The van der Waals surface area contributed by atoms with Crippen LogP contribution in [0.15, 0.2) is 17.0 Å². The Morgan fingerprint density at radius 2 is 2.19 bits per heavy atom. The van der Waals surface area contributed by atoms with E-state index in [-0.39, 0.29) is 31.3 Å². The average Bonchev–Trinajstić information content (AvgIpc) is 2.45. The van der Waals surface area contributed by atoms with Gasteiger partial charge in [-0.3, -0.25) is 9.79 Å². The summed E-state index contributed by atoms with van der Waals surface area (Å²) in [6, 6.07) is 0.239. The number of nitrogens with zero attached hydrogens (tertiary/aromatic N) is 3. The van der Waals surface area contributed by atoms with Gasteiger partial charge in [0.1, 0.15) is 0 Å². The van der Waals surface area contributed by atoms with Crippen molar-refractivity contribution in [2.24, 2.45) is 10.7 Å². The van der Waals surface area contributed by atoms with Crippen LogP contribution in [0.4, 0.5) is 0 Å². The van der Waals surface area contributed by atoms with E-state index in [2.05, 4.69) is 4.99 Å². The van der Waals surface area contributed by atoms with Gasteiger partial charge in [-0.05, 0) is 24.6 Å². The summed E-state index contributed by atoms with van der Waals surface area (Å²) in [4.78, 5) is 17.8. The Hall–Kier alpha value is -0.570. The van der Waals surface area contributed by atoms with Gasteiger partial charge in [0.2, 0.25) is 11.8 Å². The van der Waals surface area contributed by atoms with Crippen LogP contribution < -0.4 is 5.73 Å². The first kappa shape index (κ1) is 20.4. The number of halogens is 1. The van der Waals surface area contributed by atoms with Crippen molar-refractivity contribution >= 4 is 49.6 Å². The summed E-state index contributed by atoms with van der Waals surface area (Å²) < 4.78 is 6.34. The lowest BCUT2D eigenvalue weighted by atomic mass is 10.1. The van der Waals surface area contributed by atoms with Crippen molar-refractivity contribution in [3.8, 4) is 0 Å². The fourth-order valence-electron chi connectivity index (χ4n) is 1.85. The first-order chi connectivity index (χ1) is 9.52. The van der Waals surface area contributed by atoms with Crippen molar-refractivity contribution in [2.45, 2.75) is 32.2 Å². The van der Waals surface area contributed by atoms with Crippen LogP contribution in [0.1, 0.15) is 26.2 Å². The molecule has 1 rings (SSSR count). The summed E-state index contributed by atoms with van der Waals surface area (Å²) in [7, 11) is 1.64. The normalized spacial score (nSPS) is 17.1. The molecule has 1 aliphatic rings. The lowest BCUT2D eigenvalue weighted by Gasteiger charge is -2.29. The topological polar surface area (TPSA) is 71.2 Å². The van der Waals surface area contributed by atoms with Crippen molar-refractivity contribution in [3.05, 3.63) is 12.0 Å². The van der Waals surface area contributed by atoms with E-state index in [9.17, 15) is 4.79 Å². The minimum Gasteiger partial charge on any atom is -0.391 e. The Kier molecular flexibility index (Phi) is 10.8. The highest BCUT2D eigenvalue weighted by atomic mass is 35.5. The van der Waals surface area contributed by atoms with Gasteiger partial charge in [0.05, 0.1) is 6.04 Å². The standard InChI is InChI=1S/C12H21ClN4O2S.H2S/c1-3-12(18)17-8-5-10(6-9-17)15-7-4-11(14)19-20-16(2)13;/h4,7,10H,3,5-6,8-9,14H2,1-2H3;1H2. The minimum absolute atomic E-state index is 0. The number of aliphatic imine (C=N–C) groups is 1. The summed E-state index contributed by atoms with van der Waals surface area (Å²) in [5.41, 5.74) is 5.61. The first-order valence-electron chi connectivity index (χ1n) is 6.53. The molecule has 6 nitrogen and oxygen atoms in total. The van der Waals surface area contributed by atoms with E-state index in [4.69, 9.17) is 21.7 Å². The van der Waals surface area contributed by atoms with Crippen molar-refractivity contribution in [1.82, 2.24) is 8.72 Å². The van der Waals surface area contributed by atoms with Crippen LogP contribution in [-0.4, -0.2) is 47.0 Å². The summed E-state index contributed by atoms with van der Waals surface area (Å²) in [6.07, 6.45) is 5.58. The average molecular weight is 355 g/mol. The molecule has 0 spiro atoms. The molecule has 0 bridgehead atoms. The zero-order valence-electron chi connectivity index (χ0n) is 12.3. The molecule has 0 saturated carbocycles. The molecule has 0 unspecified atom stereocenters. The number of allylic oxidation sites excluding steroid dienone is 1. The summed E-state index contributed by atoms with van der Waals surface area (Å²) in [5.74, 6) is 0.456. The molecule has 1 aliphatic heterocycles. The molecule has 1 heterocycles. The number of nitrogens with two attached hydrogens (primary N) is 1. The Balaban J connectivity index is 0.00000400. The van der Waals surface area contributed by atoms with Crippen LogP contribution in [-0.2, 0) is 8.98 Å². The quantitative estimate of drug-likeness (QED) is 0.260. The molecule has 1 amide bonds. The number of amides is 1. The Morgan fingerprint density at radius 3 is 2.71 bits per heavy atom.